The second-order valence-corrected chi connectivity index (χ2v) is 5.46. The van der Waals surface area contributed by atoms with Gasteiger partial charge in [0, 0.05) is 19.7 Å². The van der Waals surface area contributed by atoms with Crippen LogP contribution in [0.2, 0.25) is 0 Å². The Morgan fingerprint density at radius 2 is 2.11 bits per heavy atom. The number of hydrogen-bond acceptors (Lipinski definition) is 3. The maximum atomic E-state index is 12.1. The van der Waals surface area contributed by atoms with E-state index in [-0.39, 0.29) is 11.8 Å². The predicted molar refractivity (Wildman–Crippen MR) is 74.0 cm³/mol. The largest absolute Gasteiger partial charge is 0.508 e. The number of rotatable bonds is 4. The SMILES string of the molecule is CCCCCN1Sc2ccc(O)cc2N(C)C1=O. The van der Waals surface area contributed by atoms with Crippen LogP contribution in [0.25, 0.3) is 0 Å². The molecule has 1 N–H and O–H groups in total. The van der Waals surface area contributed by atoms with Gasteiger partial charge in [0.2, 0.25) is 0 Å². The third-order valence-corrected chi connectivity index (χ3v) is 4.08. The van der Waals surface area contributed by atoms with E-state index in [9.17, 15) is 9.90 Å². The third kappa shape index (κ3) is 2.56. The summed E-state index contributed by atoms with van der Waals surface area (Å²) >= 11 is 1.46. The fraction of sp³-hybridized carbons (Fsp3) is 0.462. The van der Waals surface area contributed by atoms with Gasteiger partial charge in [0.1, 0.15) is 5.75 Å². The van der Waals surface area contributed by atoms with Crippen molar-refractivity contribution < 1.29 is 9.90 Å². The molecule has 0 aromatic heterocycles. The second kappa shape index (κ2) is 5.52. The molecule has 0 radical (unpaired) electrons. The van der Waals surface area contributed by atoms with Crippen molar-refractivity contribution in [3.8, 4) is 5.75 Å². The third-order valence-electron chi connectivity index (χ3n) is 2.98. The highest BCUT2D eigenvalue weighted by molar-refractivity contribution is 7.97. The molecule has 5 heteroatoms. The summed E-state index contributed by atoms with van der Waals surface area (Å²) in [6, 6.07) is 5.11. The van der Waals surface area contributed by atoms with Crippen LogP contribution < -0.4 is 4.90 Å². The summed E-state index contributed by atoms with van der Waals surface area (Å²) in [4.78, 5) is 14.7. The van der Waals surface area contributed by atoms with E-state index in [1.807, 2.05) is 6.07 Å². The number of urea groups is 1. The Balaban J connectivity index is 2.15. The lowest BCUT2D eigenvalue weighted by Gasteiger charge is -2.33. The Morgan fingerprint density at radius 3 is 2.83 bits per heavy atom. The summed E-state index contributed by atoms with van der Waals surface area (Å²) in [5.74, 6) is 0.188. The number of benzene rings is 1. The molecule has 2 amide bonds. The summed E-state index contributed by atoms with van der Waals surface area (Å²) in [5, 5.41) is 9.47. The first-order valence-electron chi connectivity index (χ1n) is 6.19. The Bertz CT molecular complexity index is 451. The molecule has 1 aliphatic rings. The first kappa shape index (κ1) is 13.1. The molecule has 0 aliphatic carbocycles. The van der Waals surface area contributed by atoms with Crippen LogP contribution in [0, 0.1) is 0 Å². The minimum Gasteiger partial charge on any atom is -0.508 e. The van der Waals surface area contributed by atoms with Crippen LogP contribution in [0.5, 0.6) is 5.75 Å². The fourth-order valence-electron chi connectivity index (χ4n) is 1.92. The van der Waals surface area contributed by atoms with E-state index in [1.54, 1.807) is 28.4 Å². The maximum absolute atomic E-state index is 12.1. The first-order chi connectivity index (χ1) is 8.63. The standard InChI is InChI=1S/C13H18N2O2S/c1-3-4-5-8-15-13(17)14(2)11-9-10(16)6-7-12(11)18-15/h6-7,9,16H,3-5,8H2,1-2H3. The minimum absolute atomic E-state index is 0.0193. The molecule has 2 rings (SSSR count). The number of unbranched alkanes of at least 4 members (excludes halogenated alkanes) is 2. The Labute approximate surface area is 112 Å². The quantitative estimate of drug-likeness (QED) is 0.670. The smallest absolute Gasteiger partial charge is 0.334 e. The number of carbonyl (C=O) groups is 1. The summed E-state index contributed by atoms with van der Waals surface area (Å²) in [6.45, 7) is 2.91. The summed E-state index contributed by atoms with van der Waals surface area (Å²) in [7, 11) is 1.74. The van der Waals surface area contributed by atoms with Crippen molar-refractivity contribution in [3.63, 3.8) is 0 Å². The minimum atomic E-state index is -0.0193. The van der Waals surface area contributed by atoms with E-state index >= 15 is 0 Å². The number of anilines is 1. The molecule has 4 nitrogen and oxygen atoms in total. The van der Waals surface area contributed by atoms with Gasteiger partial charge in [-0.25, -0.2) is 4.79 Å². The van der Waals surface area contributed by atoms with E-state index in [4.69, 9.17) is 0 Å². The summed E-state index contributed by atoms with van der Waals surface area (Å²) in [6.07, 6.45) is 3.31. The maximum Gasteiger partial charge on any atom is 0.334 e. The van der Waals surface area contributed by atoms with Crippen LogP contribution >= 0.6 is 11.9 Å². The highest BCUT2D eigenvalue weighted by Gasteiger charge is 2.28. The van der Waals surface area contributed by atoms with Crippen molar-refractivity contribution in [3.05, 3.63) is 18.2 Å². The van der Waals surface area contributed by atoms with Crippen LogP contribution in [0.4, 0.5) is 10.5 Å². The number of nitrogens with zero attached hydrogens (tertiary/aromatic N) is 2. The van der Waals surface area contributed by atoms with Gasteiger partial charge in [-0.1, -0.05) is 19.8 Å². The molecular formula is C13H18N2O2S. The van der Waals surface area contributed by atoms with E-state index in [1.165, 1.54) is 11.9 Å². The van der Waals surface area contributed by atoms with Crippen LogP contribution in [0.15, 0.2) is 23.1 Å². The topological polar surface area (TPSA) is 43.8 Å². The number of phenols is 1. The Morgan fingerprint density at radius 1 is 1.33 bits per heavy atom. The van der Waals surface area contributed by atoms with Gasteiger partial charge in [-0.2, -0.15) is 0 Å². The van der Waals surface area contributed by atoms with Crippen molar-refractivity contribution in [2.24, 2.45) is 0 Å². The molecule has 0 saturated carbocycles. The second-order valence-electron chi connectivity index (χ2n) is 4.39. The highest BCUT2D eigenvalue weighted by atomic mass is 32.2. The first-order valence-corrected chi connectivity index (χ1v) is 6.97. The van der Waals surface area contributed by atoms with E-state index in [0.29, 0.717) is 0 Å². The lowest BCUT2D eigenvalue weighted by atomic mass is 10.2. The predicted octanol–water partition coefficient (Wildman–Crippen LogP) is 3.46. The summed E-state index contributed by atoms with van der Waals surface area (Å²) < 4.78 is 1.79. The molecule has 1 aromatic carbocycles. The summed E-state index contributed by atoms with van der Waals surface area (Å²) in [5.41, 5.74) is 0.775. The average molecular weight is 266 g/mol. The van der Waals surface area contributed by atoms with Crippen LogP contribution in [-0.4, -0.2) is 29.0 Å². The van der Waals surface area contributed by atoms with Gasteiger partial charge in [0.05, 0.1) is 10.6 Å². The number of amides is 2. The van der Waals surface area contributed by atoms with Crippen molar-refractivity contribution in [1.82, 2.24) is 4.31 Å². The number of phenolic OH excluding ortho intramolecular Hbond substituents is 1. The van der Waals surface area contributed by atoms with Crippen LogP contribution in [0.1, 0.15) is 26.2 Å². The van der Waals surface area contributed by atoms with E-state index < -0.39 is 0 Å². The molecule has 1 aromatic rings. The number of hydrogen-bond donors (Lipinski definition) is 1. The average Bonchev–Trinajstić information content (AvgIpc) is 2.36. The molecule has 0 atom stereocenters. The Kier molecular flexibility index (Phi) is 4.01. The van der Waals surface area contributed by atoms with Crippen molar-refractivity contribution in [1.29, 1.82) is 0 Å². The van der Waals surface area contributed by atoms with Gasteiger partial charge in [-0.15, -0.1) is 0 Å². The van der Waals surface area contributed by atoms with Crippen molar-refractivity contribution in [2.75, 3.05) is 18.5 Å². The van der Waals surface area contributed by atoms with Gasteiger partial charge in [-0.3, -0.25) is 9.21 Å². The van der Waals surface area contributed by atoms with Gasteiger partial charge in [0.15, 0.2) is 0 Å². The van der Waals surface area contributed by atoms with Gasteiger partial charge >= 0.3 is 6.03 Å². The van der Waals surface area contributed by atoms with Crippen molar-refractivity contribution >= 4 is 23.7 Å². The molecule has 98 valence electrons. The number of aromatic hydroxyl groups is 1. The normalized spacial score (nSPS) is 14.9. The van der Waals surface area contributed by atoms with Crippen molar-refractivity contribution in [2.45, 2.75) is 31.1 Å². The van der Waals surface area contributed by atoms with Gasteiger partial charge in [0.25, 0.3) is 0 Å². The molecule has 0 saturated heterocycles. The zero-order valence-corrected chi connectivity index (χ0v) is 11.5. The molecule has 1 aliphatic heterocycles. The molecule has 0 spiro atoms. The highest BCUT2D eigenvalue weighted by Crippen LogP contribution is 2.39. The zero-order chi connectivity index (χ0) is 13.1. The monoisotopic (exact) mass is 266 g/mol. The molecule has 0 fully saturated rings. The van der Waals surface area contributed by atoms with Crippen LogP contribution in [-0.2, 0) is 0 Å². The molecule has 18 heavy (non-hydrogen) atoms. The molecule has 1 heterocycles. The number of fused-ring (bicyclic) bond motifs is 1. The lowest BCUT2D eigenvalue weighted by molar-refractivity contribution is 0.232. The fourth-order valence-corrected chi connectivity index (χ4v) is 3.00. The Hall–Kier alpha value is -1.36. The van der Waals surface area contributed by atoms with Crippen LogP contribution in [0.3, 0.4) is 0 Å². The zero-order valence-electron chi connectivity index (χ0n) is 10.7. The van der Waals surface area contributed by atoms with Gasteiger partial charge in [-0.05, 0) is 30.5 Å². The lowest BCUT2D eigenvalue weighted by Crippen LogP contribution is -2.40. The van der Waals surface area contributed by atoms with E-state index in [0.717, 1.165) is 36.4 Å². The molecule has 0 bridgehead atoms. The molecule has 0 unspecified atom stereocenters. The van der Waals surface area contributed by atoms with E-state index in [2.05, 4.69) is 6.92 Å². The van der Waals surface area contributed by atoms with Gasteiger partial charge < -0.3 is 5.11 Å². The number of carbonyl (C=O) groups excluding carboxylic acids is 1. The molecular weight excluding hydrogens is 248 g/mol.